The van der Waals surface area contributed by atoms with Crippen molar-refractivity contribution in [3.8, 4) is 0 Å². The van der Waals surface area contributed by atoms with Gasteiger partial charge in [0.15, 0.2) is 0 Å². The topological polar surface area (TPSA) is 75.7 Å². The summed E-state index contributed by atoms with van der Waals surface area (Å²) in [4.78, 5) is 37.4. The average Bonchev–Trinajstić information content (AvgIpc) is 2.61. The van der Waals surface area contributed by atoms with Crippen molar-refractivity contribution in [3.63, 3.8) is 0 Å². The van der Waals surface area contributed by atoms with E-state index in [0.29, 0.717) is 11.4 Å². The first kappa shape index (κ1) is 16.2. The van der Waals surface area contributed by atoms with Gasteiger partial charge < -0.3 is 10.1 Å². The van der Waals surface area contributed by atoms with Crippen LogP contribution in [0.3, 0.4) is 0 Å². The molecule has 0 bridgehead atoms. The standard InChI is InChI=1S/C17H16N2O4/c1-18-15(20)13-10-6-7-11-14(13)19(16(21)17(22)23-2)12-8-4-3-5-9-12/h3-11H,1-2H3,(H,18,20). The fourth-order valence-corrected chi connectivity index (χ4v) is 2.12. The highest BCUT2D eigenvalue weighted by molar-refractivity contribution is 6.40. The zero-order valence-corrected chi connectivity index (χ0v) is 12.8. The number of nitrogens with one attached hydrogen (secondary N) is 1. The Hall–Kier alpha value is -3.15. The quantitative estimate of drug-likeness (QED) is 0.693. The molecule has 0 aliphatic rings. The van der Waals surface area contributed by atoms with Gasteiger partial charge in [0, 0.05) is 12.7 Å². The molecule has 0 saturated heterocycles. The number of para-hydroxylation sites is 2. The second-order valence-electron chi connectivity index (χ2n) is 4.56. The summed E-state index contributed by atoms with van der Waals surface area (Å²) in [5.41, 5.74) is 1.03. The van der Waals surface area contributed by atoms with Crippen molar-refractivity contribution in [3.05, 3.63) is 60.2 Å². The van der Waals surface area contributed by atoms with Crippen molar-refractivity contribution in [2.24, 2.45) is 0 Å². The summed E-state index contributed by atoms with van der Waals surface area (Å²) in [5.74, 6) is -2.25. The predicted octanol–water partition coefficient (Wildman–Crippen LogP) is 1.88. The van der Waals surface area contributed by atoms with Gasteiger partial charge in [0.25, 0.3) is 5.91 Å². The molecule has 1 N–H and O–H groups in total. The normalized spacial score (nSPS) is 9.83. The van der Waals surface area contributed by atoms with E-state index < -0.39 is 11.9 Å². The van der Waals surface area contributed by atoms with E-state index in [1.807, 2.05) is 0 Å². The molecule has 0 heterocycles. The molecule has 0 spiro atoms. The Kier molecular flexibility index (Phi) is 5.09. The molecule has 0 aliphatic carbocycles. The molecule has 0 unspecified atom stereocenters. The van der Waals surface area contributed by atoms with Crippen LogP contribution in [0.15, 0.2) is 54.6 Å². The maximum absolute atomic E-state index is 12.5. The van der Waals surface area contributed by atoms with Crippen LogP contribution in [-0.2, 0) is 14.3 Å². The minimum Gasteiger partial charge on any atom is -0.462 e. The van der Waals surface area contributed by atoms with Crippen LogP contribution >= 0.6 is 0 Å². The highest BCUT2D eigenvalue weighted by atomic mass is 16.5. The Bertz CT molecular complexity index is 728. The first-order valence-electron chi connectivity index (χ1n) is 6.88. The largest absolute Gasteiger partial charge is 0.462 e. The number of ether oxygens (including phenoxy) is 1. The zero-order valence-electron chi connectivity index (χ0n) is 12.8. The summed E-state index contributed by atoms with van der Waals surface area (Å²) in [6, 6.07) is 15.1. The van der Waals surface area contributed by atoms with Gasteiger partial charge in [-0.3, -0.25) is 14.5 Å². The summed E-state index contributed by atoms with van der Waals surface area (Å²) in [6.07, 6.45) is 0. The number of carbonyl (C=O) groups excluding carboxylic acids is 3. The van der Waals surface area contributed by atoms with Crippen LogP contribution in [0.2, 0.25) is 0 Å². The summed E-state index contributed by atoms with van der Waals surface area (Å²) in [5, 5.41) is 2.52. The number of carbonyl (C=O) groups is 3. The fourth-order valence-electron chi connectivity index (χ4n) is 2.12. The van der Waals surface area contributed by atoms with Crippen molar-refractivity contribution >= 4 is 29.2 Å². The van der Waals surface area contributed by atoms with Crippen LogP contribution in [-0.4, -0.2) is 31.9 Å². The second kappa shape index (κ2) is 7.22. The van der Waals surface area contributed by atoms with E-state index in [2.05, 4.69) is 10.1 Å². The van der Waals surface area contributed by atoms with Gasteiger partial charge in [-0.2, -0.15) is 0 Å². The number of rotatable bonds is 3. The van der Waals surface area contributed by atoms with E-state index >= 15 is 0 Å². The van der Waals surface area contributed by atoms with Crippen molar-refractivity contribution in [1.29, 1.82) is 0 Å². The van der Waals surface area contributed by atoms with E-state index in [1.165, 1.54) is 7.05 Å². The van der Waals surface area contributed by atoms with Crippen molar-refractivity contribution in [1.82, 2.24) is 5.32 Å². The minimum absolute atomic E-state index is 0.274. The third-order valence-electron chi connectivity index (χ3n) is 3.19. The van der Waals surface area contributed by atoms with Crippen LogP contribution in [0.5, 0.6) is 0 Å². The summed E-state index contributed by atoms with van der Waals surface area (Å²) >= 11 is 0. The van der Waals surface area contributed by atoms with E-state index in [0.717, 1.165) is 12.0 Å². The maximum atomic E-state index is 12.5. The molecule has 0 aliphatic heterocycles. The van der Waals surface area contributed by atoms with Crippen LogP contribution in [0.1, 0.15) is 10.4 Å². The molecular formula is C17H16N2O4. The Balaban J connectivity index is 2.62. The zero-order chi connectivity index (χ0) is 16.8. The Labute approximate surface area is 133 Å². The lowest BCUT2D eigenvalue weighted by Gasteiger charge is -2.23. The molecule has 0 atom stereocenters. The minimum atomic E-state index is -1.01. The number of amides is 2. The predicted molar refractivity (Wildman–Crippen MR) is 85.4 cm³/mol. The van der Waals surface area contributed by atoms with Gasteiger partial charge in [-0.1, -0.05) is 30.3 Å². The van der Waals surface area contributed by atoms with Crippen molar-refractivity contribution < 1.29 is 19.1 Å². The molecule has 23 heavy (non-hydrogen) atoms. The van der Waals surface area contributed by atoms with Gasteiger partial charge in [0.1, 0.15) is 0 Å². The highest BCUT2D eigenvalue weighted by Crippen LogP contribution is 2.29. The van der Waals surface area contributed by atoms with Gasteiger partial charge in [0.2, 0.25) is 0 Å². The van der Waals surface area contributed by atoms with Gasteiger partial charge >= 0.3 is 11.9 Å². The monoisotopic (exact) mass is 312 g/mol. The average molecular weight is 312 g/mol. The first-order chi connectivity index (χ1) is 11.1. The lowest BCUT2D eigenvalue weighted by Crippen LogP contribution is -2.35. The molecule has 0 fully saturated rings. The number of benzene rings is 2. The Morgan fingerprint density at radius 3 is 2.17 bits per heavy atom. The number of nitrogens with zero attached hydrogens (tertiary/aromatic N) is 1. The number of anilines is 2. The van der Waals surface area contributed by atoms with Crippen LogP contribution < -0.4 is 10.2 Å². The first-order valence-corrected chi connectivity index (χ1v) is 6.88. The number of methoxy groups -OCH3 is 1. The Morgan fingerprint density at radius 2 is 1.57 bits per heavy atom. The molecule has 2 aromatic rings. The molecular weight excluding hydrogens is 296 g/mol. The Morgan fingerprint density at radius 1 is 0.957 bits per heavy atom. The maximum Gasteiger partial charge on any atom is 0.397 e. The van der Waals surface area contributed by atoms with Gasteiger partial charge in [-0.05, 0) is 24.3 Å². The number of hydrogen-bond donors (Lipinski definition) is 1. The molecule has 0 radical (unpaired) electrons. The smallest absolute Gasteiger partial charge is 0.397 e. The second-order valence-corrected chi connectivity index (χ2v) is 4.56. The molecule has 2 aromatic carbocycles. The third kappa shape index (κ3) is 3.37. The summed E-state index contributed by atoms with van der Waals surface area (Å²) < 4.78 is 4.53. The van der Waals surface area contributed by atoms with E-state index in [1.54, 1.807) is 54.6 Å². The lowest BCUT2D eigenvalue weighted by atomic mass is 10.1. The van der Waals surface area contributed by atoms with Gasteiger partial charge in [0.05, 0.1) is 18.4 Å². The van der Waals surface area contributed by atoms with E-state index in [-0.39, 0.29) is 11.5 Å². The summed E-state index contributed by atoms with van der Waals surface area (Å²) in [7, 11) is 2.63. The van der Waals surface area contributed by atoms with Crippen LogP contribution in [0.4, 0.5) is 11.4 Å². The van der Waals surface area contributed by atoms with Crippen LogP contribution in [0, 0.1) is 0 Å². The van der Waals surface area contributed by atoms with Crippen molar-refractivity contribution in [2.75, 3.05) is 19.1 Å². The lowest BCUT2D eigenvalue weighted by molar-refractivity contribution is -0.151. The van der Waals surface area contributed by atoms with E-state index in [9.17, 15) is 14.4 Å². The molecule has 118 valence electrons. The molecule has 2 amide bonds. The molecule has 0 aromatic heterocycles. The third-order valence-corrected chi connectivity index (χ3v) is 3.19. The number of hydrogen-bond acceptors (Lipinski definition) is 4. The SMILES string of the molecule is CNC(=O)c1ccccc1N(C(=O)C(=O)OC)c1ccccc1. The van der Waals surface area contributed by atoms with Crippen molar-refractivity contribution in [2.45, 2.75) is 0 Å². The molecule has 0 saturated carbocycles. The highest BCUT2D eigenvalue weighted by Gasteiger charge is 2.28. The van der Waals surface area contributed by atoms with Gasteiger partial charge in [-0.25, -0.2) is 4.79 Å². The molecule has 6 heteroatoms. The van der Waals surface area contributed by atoms with E-state index in [4.69, 9.17) is 0 Å². The van der Waals surface area contributed by atoms with Gasteiger partial charge in [-0.15, -0.1) is 0 Å². The summed E-state index contributed by atoms with van der Waals surface area (Å²) in [6.45, 7) is 0. The molecule has 2 rings (SSSR count). The molecule has 6 nitrogen and oxygen atoms in total. The fraction of sp³-hybridized carbons (Fsp3) is 0.118. The number of esters is 1. The van der Waals surface area contributed by atoms with Crippen LogP contribution in [0.25, 0.3) is 0 Å².